The van der Waals surface area contributed by atoms with Crippen molar-refractivity contribution in [1.29, 1.82) is 0 Å². The number of rotatable bonds is 5. The summed E-state index contributed by atoms with van der Waals surface area (Å²) in [6.07, 6.45) is 3.00. The quantitative estimate of drug-likeness (QED) is 0.581. The normalized spacial score (nSPS) is 23.4. The number of phenols is 1. The number of ketones is 1. The number of carbonyl (C=O) groups excluding carboxylic acids is 1. The Kier molecular flexibility index (Phi) is 4.32. The Morgan fingerprint density at radius 2 is 2.14 bits per heavy atom. The van der Waals surface area contributed by atoms with Crippen LogP contribution >= 0.6 is 0 Å². The summed E-state index contributed by atoms with van der Waals surface area (Å²) in [5.74, 6) is 1.67. The molecule has 5 rings (SSSR count). The maximum atomic E-state index is 11.8. The number of carbonyl (C=O) groups is 1. The van der Waals surface area contributed by atoms with Crippen LogP contribution in [0, 0.1) is 5.92 Å². The van der Waals surface area contributed by atoms with E-state index in [9.17, 15) is 9.90 Å². The van der Waals surface area contributed by atoms with Crippen LogP contribution in [-0.2, 0) is 4.79 Å². The predicted octanol–water partition coefficient (Wildman–Crippen LogP) is 2.64. The number of piperazine rings is 1. The van der Waals surface area contributed by atoms with E-state index in [0.29, 0.717) is 35.7 Å². The first-order valence-electron chi connectivity index (χ1n) is 9.92. The van der Waals surface area contributed by atoms with Gasteiger partial charge in [0, 0.05) is 42.5 Å². The highest BCUT2D eigenvalue weighted by molar-refractivity contribution is 5.89. The highest BCUT2D eigenvalue weighted by Gasteiger charge is 2.40. The van der Waals surface area contributed by atoms with Gasteiger partial charge in [0.1, 0.15) is 11.6 Å². The average molecular weight is 389 g/mol. The number of hydrogen-bond acceptors (Lipinski definition) is 6. The van der Waals surface area contributed by atoms with Crippen LogP contribution in [0.2, 0.25) is 0 Å². The van der Waals surface area contributed by atoms with Crippen molar-refractivity contribution in [3.8, 4) is 17.0 Å². The molecule has 0 spiro atoms. The van der Waals surface area contributed by atoms with Gasteiger partial charge in [0.05, 0.1) is 5.69 Å². The third kappa shape index (κ3) is 3.27. The number of phenolic OH excluding ortho intramolecular Hbond substituents is 1. The summed E-state index contributed by atoms with van der Waals surface area (Å²) in [6, 6.07) is 11.8. The van der Waals surface area contributed by atoms with Gasteiger partial charge in [-0.25, -0.2) is 0 Å². The van der Waals surface area contributed by atoms with Crippen molar-refractivity contribution in [2.75, 3.05) is 18.0 Å². The Hall–Kier alpha value is -3.19. The molecule has 3 aromatic rings. The number of nitrogens with zero attached hydrogens (tertiary/aromatic N) is 3. The largest absolute Gasteiger partial charge is 0.507 e. The third-order valence-electron chi connectivity index (χ3n) is 6.04. The van der Waals surface area contributed by atoms with Gasteiger partial charge in [-0.15, -0.1) is 10.2 Å². The van der Waals surface area contributed by atoms with E-state index in [-0.39, 0.29) is 11.5 Å². The summed E-state index contributed by atoms with van der Waals surface area (Å²) in [5, 5.41) is 23.3. The first-order chi connectivity index (χ1) is 14.1. The van der Waals surface area contributed by atoms with Crippen LogP contribution in [0.5, 0.6) is 5.75 Å². The van der Waals surface area contributed by atoms with Crippen LogP contribution < -0.4 is 10.2 Å². The Morgan fingerprint density at radius 3 is 2.97 bits per heavy atom. The Morgan fingerprint density at radius 1 is 1.28 bits per heavy atom. The van der Waals surface area contributed by atoms with Gasteiger partial charge in [-0.3, -0.25) is 4.79 Å². The molecule has 2 aliphatic rings. The lowest BCUT2D eigenvalue weighted by molar-refractivity contribution is -0.115. The first kappa shape index (κ1) is 17.9. The summed E-state index contributed by atoms with van der Waals surface area (Å²) in [6.45, 7) is 5.33. The number of benzene rings is 1. The highest BCUT2D eigenvalue weighted by atomic mass is 16.3. The van der Waals surface area contributed by atoms with Crippen molar-refractivity contribution >= 4 is 22.6 Å². The summed E-state index contributed by atoms with van der Waals surface area (Å²) < 4.78 is 0. The summed E-state index contributed by atoms with van der Waals surface area (Å²) in [4.78, 5) is 17.5. The van der Waals surface area contributed by atoms with Gasteiger partial charge < -0.3 is 20.3 Å². The molecule has 29 heavy (non-hydrogen) atoms. The molecule has 148 valence electrons. The van der Waals surface area contributed by atoms with Crippen molar-refractivity contribution in [3.63, 3.8) is 0 Å². The number of hydrogen-bond donors (Lipinski definition) is 3. The minimum Gasteiger partial charge on any atom is -0.507 e. The fourth-order valence-electron chi connectivity index (χ4n) is 4.62. The molecule has 7 heteroatoms. The second-order valence-corrected chi connectivity index (χ2v) is 7.95. The van der Waals surface area contributed by atoms with Gasteiger partial charge in [-0.2, -0.15) is 0 Å². The van der Waals surface area contributed by atoms with Crippen molar-refractivity contribution < 1.29 is 9.90 Å². The number of anilines is 1. The Bertz CT molecular complexity index is 1090. The smallest absolute Gasteiger partial charge is 0.161 e. The van der Waals surface area contributed by atoms with E-state index in [0.717, 1.165) is 36.4 Å². The molecule has 2 bridgehead atoms. The number of para-hydroxylation sites is 1. The van der Waals surface area contributed by atoms with Gasteiger partial charge in [0.25, 0.3) is 0 Å². The van der Waals surface area contributed by atoms with E-state index in [4.69, 9.17) is 0 Å². The predicted molar refractivity (Wildman–Crippen MR) is 112 cm³/mol. The molecular formula is C22H23N5O2. The van der Waals surface area contributed by atoms with Crippen LogP contribution in [0.15, 0.2) is 49.1 Å². The molecule has 7 nitrogen and oxygen atoms in total. The number of H-pyrrole nitrogens is 1. The maximum absolute atomic E-state index is 11.8. The molecule has 2 fully saturated rings. The monoisotopic (exact) mass is 389 g/mol. The van der Waals surface area contributed by atoms with E-state index in [1.165, 1.54) is 6.08 Å². The highest BCUT2D eigenvalue weighted by Crippen LogP contribution is 2.33. The number of aromatic amines is 1. The van der Waals surface area contributed by atoms with E-state index in [1.807, 2.05) is 18.2 Å². The third-order valence-corrected chi connectivity index (χ3v) is 6.04. The summed E-state index contributed by atoms with van der Waals surface area (Å²) in [5.41, 5.74) is 2.03. The van der Waals surface area contributed by atoms with Gasteiger partial charge in [-0.1, -0.05) is 18.7 Å². The van der Waals surface area contributed by atoms with Crippen molar-refractivity contribution in [3.05, 3.63) is 49.1 Å². The van der Waals surface area contributed by atoms with Crippen LogP contribution in [0.4, 0.5) is 5.82 Å². The first-order valence-corrected chi connectivity index (χ1v) is 9.92. The minimum atomic E-state index is 0.119. The fourth-order valence-corrected chi connectivity index (χ4v) is 4.62. The zero-order valence-electron chi connectivity index (χ0n) is 16.0. The van der Waals surface area contributed by atoms with E-state index in [1.54, 1.807) is 12.1 Å². The molecule has 3 atom stereocenters. The Labute approximate surface area is 168 Å². The molecule has 2 aliphatic heterocycles. The summed E-state index contributed by atoms with van der Waals surface area (Å²) in [7, 11) is 0. The van der Waals surface area contributed by atoms with Crippen molar-refractivity contribution in [2.24, 2.45) is 5.92 Å². The number of aromatic hydroxyl groups is 1. The van der Waals surface area contributed by atoms with Gasteiger partial charge in [-0.05, 0) is 42.7 Å². The van der Waals surface area contributed by atoms with Crippen LogP contribution in [0.1, 0.15) is 12.8 Å². The second kappa shape index (κ2) is 7.00. The maximum Gasteiger partial charge on any atom is 0.161 e. The summed E-state index contributed by atoms with van der Waals surface area (Å²) >= 11 is 0. The van der Waals surface area contributed by atoms with Crippen LogP contribution in [-0.4, -0.2) is 51.2 Å². The van der Waals surface area contributed by atoms with E-state index >= 15 is 0 Å². The number of nitrogens with one attached hydrogen (secondary N) is 2. The molecule has 4 heterocycles. The molecular weight excluding hydrogens is 366 g/mol. The number of allylic oxidation sites excluding steroid dienone is 1. The van der Waals surface area contributed by atoms with Gasteiger partial charge in [0.15, 0.2) is 11.4 Å². The standard InChI is InChI=1S/C22H23N5O2/c1-2-16(28)8-13-7-15-11-27(12-19(13)23-15)21-10-14-9-18(25-26-22(14)24-21)17-5-3-4-6-20(17)29/h2-6,9-10,13,15,19,23,29H,1,7-8,11-12H2,(H,24,26). The minimum absolute atomic E-state index is 0.119. The van der Waals surface area contributed by atoms with Crippen molar-refractivity contribution in [1.82, 2.24) is 20.5 Å². The fraction of sp³-hybridized carbons (Fsp3) is 0.318. The molecule has 0 aliphatic carbocycles. The molecule has 2 aromatic heterocycles. The molecule has 3 N–H and O–H groups in total. The lowest BCUT2D eigenvalue weighted by atomic mass is 9.94. The molecule has 0 saturated carbocycles. The average Bonchev–Trinajstić information content (AvgIpc) is 3.28. The Balaban J connectivity index is 1.39. The zero-order chi connectivity index (χ0) is 20.0. The van der Waals surface area contributed by atoms with Crippen LogP contribution in [0.25, 0.3) is 22.3 Å². The SMILES string of the molecule is C=CC(=O)CC1CC2CN(c3cc4cc(-c5ccccc5O)nnc4[nH]3)CC1N2. The lowest BCUT2D eigenvalue weighted by Gasteiger charge is -2.34. The van der Waals surface area contributed by atoms with Crippen molar-refractivity contribution in [2.45, 2.75) is 24.9 Å². The number of fused-ring (bicyclic) bond motifs is 3. The molecule has 2 saturated heterocycles. The lowest BCUT2D eigenvalue weighted by Crippen LogP contribution is -2.52. The molecule has 0 radical (unpaired) electrons. The molecule has 1 aromatic carbocycles. The molecule has 0 amide bonds. The van der Waals surface area contributed by atoms with E-state index < -0.39 is 0 Å². The van der Waals surface area contributed by atoms with Crippen LogP contribution in [0.3, 0.4) is 0 Å². The van der Waals surface area contributed by atoms with E-state index in [2.05, 4.69) is 38.0 Å². The van der Waals surface area contributed by atoms with Gasteiger partial charge >= 0.3 is 0 Å². The molecule has 3 unspecified atom stereocenters. The zero-order valence-corrected chi connectivity index (χ0v) is 16.0. The number of aromatic nitrogens is 3. The topological polar surface area (TPSA) is 94.1 Å². The second-order valence-electron chi connectivity index (χ2n) is 7.95. The van der Waals surface area contributed by atoms with Gasteiger partial charge in [0.2, 0.25) is 0 Å².